The van der Waals surface area contributed by atoms with E-state index < -0.39 is 35.5 Å². The molecule has 8 nitrogen and oxygen atoms in total. The molecular formula is C26H30N2O6. The van der Waals surface area contributed by atoms with E-state index in [4.69, 9.17) is 9.47 Å². The van der Waals surface area contributed by atoms with Gasteiger partial charge in [0.05, 0.1) is 13.2 Å². The number of carbonyl (C=O) groups excluding carboxylic acids is 2. The third-order valence-electron chi connectivity index (χ3n) is 6.42. The number of carboxylic acids is 1. The van der Waals surface area contributed by atoms with Crippen molar-refractivity contribution >= 4 is 18.0 Å². The number of aliphatic carboxylic acids is 1. The summed E-state index contributed by atoms with van der Waals surface area (Å²) in [5.74, 6) is -1.70. The van der Waals surface area contributed by atoms with Gasteiger partial charge in [0.2, 0.25) is 5.91 Å². The maximum atomic E-state index is 13.3. The van der Waals surface area contributed by atoms with Gasteiger partial charge in [0, 0.05) is 12.5 Å². The lowest BCUT2D eigenvalue weighted by molar-refractivity contribution is -0.160. The number of nitrogens with zero attached hydrogens (tertiary/aromatic N) is 1. The third-order valence-corrected chi connectivity index (χ3v) is 6.42. The third kappa shape index (κ3) is 4.63. The lowest BCUT2D eigenvalue weighted by Gasteiger charge is -2.39. The van der Waals surface area contributed by atoms with Gasteiger partial charge in [-0.05, 0) is 27.7 Å². The van der Waals surface area contributed by atoms with E-state index in [2.05, 4.69) is 17.4 Å². The fourth-order valence-corrected chi connectivity index (χ4v) is 4.64. The van der Waals surface area contributed by atoms with Gasteiger partial charge in [-0.15, -0.1) is 0 Å². The number of alkyl carbamates (subject to hydrolysis) is 1. The van der Waals surface area contributed by atoms with Gasteiger partial charge < -0.3 is 24.8 Å². The summed E-state index contributed by atoms with van der Waals surface area (Å²) >= 11 is 0. The average Bonchev–Trinajstić information content (AvgIpc) is 3.14. The van der Waals surface area contributed by atoms with Crippen molar-refractivity contribution in [1.29, 1.82) is 0 Å². The van der Waals surface area contributed by atoms with Gasteiger partial charge in [0.1, 0.15) is 12.6 Å². The van der Waals surface area contributed by atoms with E-state index in [0.717, 1.165) is 22.3 Å². The number of amides is 2. The highest BCUT2D eigenvalue weighted by Crippen LogP contribution is 2.44. The fraction of sp³-hybridized carbons (Fsp3) is 0.423. The molecule has 2 aromatic rings. The number of carboxylic acid groups (broad SMARTS) is 1. The summed E-state index contributed by atoms with van der Waals surface area (Å²) in [6, 6.07) is 14.1. The molecule has 34 heavy (non-hydrogen) atoms. The number of benzene rings is 2. The molecule has 2 amide bonds. The fourth-order valence-electron chi connectivity index (χ4n) is 4.64. The molecule has 0 radical (unpaired) electrons. The van der Waals surface area contributed by atoms with Gasteiger partial charge in [-0.3, -0.25) is 4.79 Å². The van der Waals surface area contributed by atoms with Crippen LogP contribution >= 0.6 is 0 Å². The molecular weight excluding hydrogens is 436 g/mol. The molecule has 0 bridgehead atoms. The van der Waals surface area contributed by atoms with Crippen molar-refractivity contribution in [3.8, 4) is 11.1 Å². The van der Waals surface area contributed by atoms with Crippen LogP contribution in [0.4, 0.5) is 4.79 Å². The minimum atomic E-state index is -1.14. The van der Waals surface area contributed by atoms with Crippen molar-refractivity contribution in [2.24, 2.45) is 5.41 Å². The number of nitrogens with one attached hydrogen (secondary N) is 1. The van der Waals surface area contributed by atoms with Gasteiger partial charge in [0.25, 0.3) is 0 Å². The molecule has 1 aliphatic carbocycles. The number of carbonyl (C=O) groups is 3. The summed E-state index contributed by atoms with van der Waals surface area (Å²) in [5.41, 5.74) is 3.78. The van der Waals surface area contributed by atoms with Crippen LogP contribution in [0.25, 0.3) is 11.1 Å². The molecule has 8 heteroatoms. The number of morpholine rings is 1. The van der Waals surface area contributed by atoms with Crippen LogP contribution in [0.1, 0.15) is 37.8 Å². The van der Waals surface area contributed by atoms with Crippen molar-refractivity contribution in [1.82, 2.24) is 10.2 Å². The lowest BCUT2D eigenvalue weighted by atomic mass is 9.85. The summed E-state index contributed by atoms with van der Waals surface area (Å²) in [7, 11) is 0. The molecule has 0 spiro atoms. The van der Waals surface area contributed by atoms with Crippen molar-refractivity contribution < 1.29 is 29.0 Å². The Morgan fingerprint density at radius 1 is 1.09 bits per heavy atom. The molecule has 2 N–H and O–H groups in total. The van der Waals surface area contributed by atoms with Crippen LogP contribution in [0, 0.1) is 5.41 Å². The first-order valence-electron chi connectivity index (χ1n) is 11.4. The van der Waals surface area contributed by atoms with E-state index in [1.54, 1.807) is 0 Å². The highest BCUT2D eigenvalue weighted by molar-refractivity contribution is 5.90. The molecule has 1 aliphatic heterocycles. The molecule has 0 aromatic heterocycles. The van der Waals surface area contributed by atoms with Crippen LogP contribution in [0.15, 0.2) is 48.5 Å². The Hall–Kier alpha value is -3.39. The number of ether oxygens (including phenoxy) is 2. The van der Waals surface area contributed by atoms with Gasteiger partial charge in [0.15, 0.2) is 6.04 Å². The second-order valence-electron chi connectivity index (χ2n) is 9.73. The van der Waals surface area contributed by atoms with Gasteiger partial charge in [-0.1, -0.05) is 69.3 Å². The Morgan fingerprint density at radius 2 is 1.68 bits per heavy atom. The number of fused-ring (bicyclic) bond motifs is 3. The minimum Gasteiger partial charge on any atom is -0.480 e. The average molecular weight is 467 g/mol. The number of hydrogen-bond donors (Lipinski definition) is 2. The predicted octanol–water partition coefficient (Wildman–Crippen LogP) is 3.25. The molecule has 2 aliphatic rings. The zero-order valence-electron chi connectivity index (χ0n) is 19.6. The quantitative estimate of drug-likeness (QED) is 0.701. The highest BCUT2D eigenvalue weighted by atomic mass is 16.5. The summed E-state index contributed by atoms with van der Waals surface area (Å²) in [4.78, 5) is 39.1. The topological polar surface area (TPSA) is 105 Å². The molecule has 1 heterocycles. The minimum absolute atomic E-state index is 0.0805. The summed E-state index contributed by atoms with van der Waals surface area (Å²) < 4.78 is 10.9. The highest BCUT2D eigenvalue weighted by Gasteiger charge is 2.41. The van der Waals surface area contributed by atoms with Crippen LogP contribution in [-0.4, -0.2) is 66.4 Å². The van der Waals surface area contributed by atoms with E-state index in [0.29, 0.717) is 0 Å². The van der Waals surface area contributed by atoms with Crippen molar-refractivity contribution in [2.45, 2.75) is 38.8 Å². The van der Waals surface area contributed by atoms with Crippen LogP contribution in [0.5, 0.6) is 0 Å². The zero-order valence-corrected chi connectivity index (χ0v) is 19.6. The smallest absolute Gasteiger partial charge is 0.407 e. The summed E-state index contributed by atoms with van der Waals surface area (Å²) in [5, 5.41) is 12.2. The van der Waals surface area contributed by atoms with Gasteiger partial charge in [-0.25, -0.2) is 9.59 Å². The monoisotopic (exact) mass is 466 g/mol. The Kier molecular flexibility index (Phi) is 6.61. The normalized spacial score (nSPS) is 18.6. The SMILES string of the molecule is CC(C)(C)[C@@H](NC(=O)OCC1c2ccccc2-c2ccccc21)C(=O)N1CCOCC1C(=O)O. The first-order valence-corrected chi connectivity index (χ1v) is 11.4. The summed E-state index contributed by atoms with van der Waals surface area (Å²) in [6.45, 7) is 5.88. The Bertz CT molecular complexity index is 1050. The molecule has 1 saturated heterocycles. The second-order valence-corrected chi connectivity index (χ2v) is 9.73. The van der Waals surface area contributed by atoms with Gasteiger partial charge in [-0.2, -0.15) is 0 Å². The van der Waals surface area contributed by atoms with E-state index >= 15 is 0 Å². The maximum Gasteiger partial charge on any atom is 0.407 e. The Morgan fingerprint density at radius 3 is 2.24 bits per heavy atom. The zero-order chi connectivity index (χ0) is 24.5. The van der Waals surface area contributed by atoms with Crippen molar-refractivity contribution in [3.63, 3.8) is 0 Å². The Labute approximate surface area is 198 Å². The second kappa shape index (κ2) is 9.46. The van der Waals surface area contributed by atoms with E-state index in [-0.39, 0.29) is 32.3 Å². The largest absolute Gasteiger partial charge is 0.480 e. The molecule has 4 rings (SSSR count). The first kappa shape index (κ1) is 23.8. The van der Waals surface area contributed by atoms with Gasteiger partial charge >= 0.3 is 12.1 Å². The predicted molar refractivity (Wildman–Crippen MR) is 125 cm³/mol. The maximum absolute atomic E-state index is 13.3. The molecule has 1 unspecified atom stereocenters. The standard InChI is InChI=1S/C26H30N2O6/c1-26(2,3)22(23(29)28-12-13-33-15-21(28)24(30)31)27-25(32)34-14-20-18-10-6-4-8-16(18)17-9-5-7-11-19(17)20/h4-11,20-22H,12-15H2,1-3H3,(H,27,32)(H,30,31)/t21?,22-/m0/s1. The lowest BCUT2D eigenvalue weighted by Crippen LogP contribution is -2.61. The van der Waals surface area contributed by atoms with E-state index in [1.807, 2.05) is 57.2 Å². The molecule has 2 aromatic carbocycles. The van der Waals surface area contributed by atoms with Crippen molar-refractivity contribution in [2.75, 3.05) is 26.4 Å². The molecule has 0 saturated carbocycles. The number of rotatable bonds is 5. The summed E-state index contributed by atoms with van der Waals surface area (Å²) in [6.07, 6.45) is -0.713. The number of hydrogen-bond acceptors (Lipinski definition) is 5. The van der Waals surface area contributed by atoms with E-state index in [1.165, 1.54) is 4.90 Å². The van der Waals surface area contributed by atoms with Crippen molar-refractivity contribution in [3.05, 3.63) is 59.7 Å². The van der Waals surface area contributed by atoms with Crippen LogP contribution in [-0.2, 0) is 19.1 Å². The van der Waals surface area contributed by atoms with Crippen LogP contribution in [0.3, 0.4) is 0 Å². The van der Waals surface area contributed by atoms with E-state index in [9.17, 15) is 19.5 Å². The molecule has 180 valence electrons. The first-order chi connectivity index (χ1) is 16.2. The van der Waals surface area contributed by atoms with Crippen LogP contribution in [0.2, 0.25) is 0 Å². The molecule has 2 atom stereocenters. The molecule has 1 fully saturated rings. The Balaban J connectivity index is 1.47. The van der Waals surface area contributed by atoms with Crippen LogP contribution < -0.4 is 5.32 Å².